The third-order valence-corrected chi connectivity index (χ3v) is 8.22. The summed E-state index contributed by atoms with van der Waals surface area (Å²) in [5.41, 5.74) is 8.14. The maximum atomic E-state index is 12.4. The summed E-state index contributed by atoms with van der Waals surface area (Å²) >= 11 is 12.5. The topological polar surface area (TPSA) is 43.1 Å². The van der Waals surface area contributed by atoms with Crippen molar-refractivity contribution < 1.29 is 9.32 Å². The molecule has 0 aliphatic heterocycles. The Hall–Kier alpha value is -3.66. The van der Waals surface area contributed by atoms with E-state index in [0.29, 0.717) is 22.2 Å². The Morgan fingerprint density at radius 1 is 0.833 bits per heavy atom. The van der Waals surface area contributed by atoms with E-state index in [0.717, 1.165) is 46.4 Å². The van der Waals surface area contributed by atoms with E-state index in [4.69, 9.17) is 27.7 Å². The second-order valence-electron chi connectivity index (χ2n) is 11.8. The molecule has 1 heterocycles. The van der Waals surface area contributed by atoms with Gasteiger partial charge in [0, 0.05) is 45.1 Å². The Morgan fingerprint density at radius 3 is 2.12 bits per heavy atom. The summed E-state index contributed by atoms with van der Waals surface area (Å²) in [5.74, 6) is 0.875. The number of hydrogen-bond acceptors (Lipinski definition) is 3. The molecule has 0 radical (unpaired) electrons. The highest BCUT2D eigenvalue weighted by Crippen LogP contribution is 2.35. The molecule has 0 saturated heterocycles. The lowest BCUT2D eigenvalue weighted by molar-refractivity contribution is 0.0981. The van der Waals surface area contributed by atoms with Gasteiger partial charge in [-0.3, -0.25) is 4.79 Å². The van der Waals surface area contributed by atoms with Crippen LogP contribution in [0, 0.1) is 0 Å². The first-order valence-electron chi connectivity index (χ1n) is 14.4. The molecular weight excluding hydrogens is 561 g/mol. The first-order chi connectivity index (χ1) is 20.1. The molecule has 214 valence electrons. The van der Waals surface area contributed by atoms with E-state index in [1.54, 1.807) is 6.07 Å². The smallest absolute Gasteiger partial charge is 0.167 e. The number of hydrogen-bond donors (Lipinski definition) is 0. The van der Waals surface area contributed by atoms with Crippen LogP contribution >= 0.6 is 23.2 Å². The molecule has 3 nitrogen and oxygen atoms in total. The summed E-state index contributed by atoms with van der Waals surface area (Å²) in [5, 5.41) is 5.77. The van der Waals surface area contributed by atoms with E-state index >= 15 is 0 Å². The van der Waals surface area contributed by atoms with Gasteiger partial charge in [0.25, 0.3) is 0 Å². The molecule has 0 N–H and O–H groups in total. The minimum absolute atomic E-state index is 0.0131. The van der Waals surface area contributed by atoms with Crippen molar-refractivity contribution in [3.8, 4) is 22.5 Å². The molecule has 1 unspecified atom stereocenters. The van der Waals surface area contributed by atoms with E-state index in [2.05, 4.69) is 62.3 Å². The molecule has 5 aromatic rings. The number of halogens is 2. The van der Waals surface area contributed by atoms with Crippen LogP contribution in [0.3, 0.4) is 0 Å². The number of benzene rings is 4. The van der Waals surface area contributed by atoms with Gasteiger partial charge in [-0.15, -0.1) is 0 Å². The number of aromatic nitrogens is 1. The van der Waals surface area contributed by atoms with E-state index < -0.39 is 0 Å². The average molecular weight is 597 g/mol. The zero-order chi connectivity index (χ0) is 29.9. The zero-order valence-corrected chi connectivity index (χ0v) is 26.0. The highest BCUT2D eigenvalue weighted by molar-refractivity contribution is 6.36. The van der Waals surface area contributed by atoms with Crippen LogP contribution in [0.5, 0.6) is 0 Å². The standard InChI is InChI=1S/C37H35Cl2NO2/c1-5-6-35(41)27-9-7-24(8-10-27)21-32(26-15-17-29(18-16-26)37(2,3)4)34-23-36(42-40-34)28-13-11-25(12-14-28)31-20-19-30(38)22-33(31)39/h7-20,22-23,32H,5-6,21H2,1-4H3. The maximum Gasteiger partial charge on any atom is 0.167 e. The lowest BCUT2D eigenvalue weighted by atomic mass is 9.83. The second-order valence-corrected chi connectivity index (χ2v) is 12.7. The Kier molecular flexibility index (Phi) is 9.01. The molecule has 0 aliphatic rings. The quantitative estimate of drug-likeness (QED) is 0.159. The van der Waals surface area contributed by atoms with Gasteiger partial charge in [-0.2, -0.15) is 0 Å². The van der Waals surface area contributed by atoms with Crippen molar-refractivity contribution >= 4 is 29.0 Å². The lowest BCUT2D eigenvalue weighted by Crippen LogP contribution is -2.12. The van der Waals surface area contributed by atoms with Crippen LogP contribution in [0.1, 0.15) is 79.2 Å². The third kappa shape index (κ3) is 6.86. The van der Waals surface area contributed by atoms with E-state index in [1.807, 2.05) is 61.5 Å². The highest BCUT2D eigenvalue weighted by atomic mass is 35.5. The summed E-state index contributed by atoms with van der Waals surface area (Å²) in [7, 11) is 0. The summed E-state index contributed by atoms with van der Waals surface area (Å²) in [6.45, 7) is 8.68. The van der Waals surface area contributed by atoms with Crippen molar-refractivity contribution in [1.29, 1.82) is 0 Å². The zero-order valence-electron chi connectivity index (χ0n) is 24.5. The van der Waals surface area contributed by atoms with E-state index in [1.165, 1.54) is 11.1 Å². The fourth-order valence-corrected chi connectivity index (χ4v) is 5.69. The van der Waals surface area contributed by atoms with Gasteiger partial charge < -0.3 is 4.52 Å². The Bertz CT molecular complexity index is 1660. The molecule has 0 spiro atoms. The SMILES string of the molecule is CCCC(=O)c1ccc(CC(c2ccc(C(C)(C)C)cc2)c2cc(-c3ccc(-c4ccc(Cl)cc4Cl)cc3)on2)cc1. The fourth-order valence-electron chi connectivity index (χ4n) is 5.17. The van der Waals surface area contributed by atoms with Gasteiger partial charge >= 0.3 is 0 Å². The number of rotatable bonds is 9. The number of carbonyl (C=O) groups excluding carboxylic acids is 1. The predicted octanol–water partition coefficient (Wildman–Crippen LogP) is 11.0. The third-order valence-electron chi connectivity index (χ3n) is 7.67. The largest absolute Gasteiger partial charge is 0.356 e. The minimum Gasteiger partial charge on any atom is -0.356 e. The van der Waals surface area contributed by atoms with Crippen LogP contribution in [0.25, 0.3) is 22.5 Å². The van der Waals surface area contributed by atoms with Crippen LogP contribution in [0.4, 0.5) is 0 Å². The molecular formula is C37H35Cl2NO2. The number of nitrogens with zero attached hydrogens (tertiary/aromatic N) is 1. The Balaban J connectivity index is 1.44. The second kappa shape index (κ2) is 12.7. The summed E-state index contributed by atoms with van der Waals surface area (Å²) in [4.78, 5) is 12.4. The van der Waals surface area contributed by atoms with Gasteiger partial charge in [0.15, 0.2) is 11.5 Å². The Morgan fingerprint density at radius 2 is 1.50 bits per heavy atom. The molecule has 1 aromatic heterocycles. The molecule has 0 bridgehead atoms. The monoisotopic (exact) mass is 595 g/mol. The van der Waals surface area contributed by atoms with Crippen molar-refractivity contribution in [2.75, 3.05) is 0 Å². The molecule has 0 saturated carbocycles. The van der Waals surface area contributed by atoms with Crippen LogP contribution in [0.2, 0.25) is 10.0 Å². The van der Waals surface area contributed by atoms with Gasteiger partial charge in [0.1, 0.15) is 0 Å². The maximum absolute atomic E-state index is 12.4. The summed E-state index contributed by atoms with van der Waals surface area (Å²) in [6, 6.07) is 32.4. The van der Waals surface area contributed by atoms with Gasteiger partial charge in [-0.05, 0) is 52.6 Å². The van der Waals surface area contributed by atoms with Crippen molar-refractivity contribution in [3.63, 3.8) is 0 Å². The number of carbonyl (C=O) groups is 1. The fraction of sp³-hybridized carbons (Fsp3) is 0.243. The number of ketones is 1. The van der Waals surface area contributed by atoms with Gasteiger partial charge in [0.2, 0.25) is 0 Å². The van der Waals surface area contributed by atoms with Crippen molar-refractivity contribution in [2.24, 2.45) is 0 Å². The predicted molar refractivity (Wildman–Crippen MR) is 174 cm³/mol. The molecule has 4 aromatic carbocycles. The first-order valence-corrected chi connectivity index (χ1v) is 15.1. The molecule has 0 amide bonds. The van der Waals surface area contributed by atoms with Gasteiger partial charge in [0.05, 0.1) is 5.69 Å². The van der Waals surface area contributed by atoms with Crippen LogP contribution in [0.15, 0.2) is 102 Å². The van der Waals surface area contributed by atoms with E-state index in [-0.39, 0.29) is 17.1 Å². The molecule has 5 rings (SSSR count). The van der Waals surface area contributed by atoms with Gasteiger partial charge in [-0.1, -0.05) is 135 Å². The molecule has 5 heteroatoms. The average Bonchev–Trinajstić information content (AvgIpc) is 3.46. The molecule has 1 atom stereocenters. The lowest BCUT2D eigenvalue weighted by Gasteiger charge is -2.21. The summed E-state index contributed by atoms with van der Waals surface area (Å²) < 4.78 is 5.89. The first kappa shape index (κ1) is 29.8. The van der Waals surface area contributed by atoms with Crippen LogP contribution in [-0.2, 0) is 11.8 Å². The minimum atomic E-state index is -0.0131. The molecule has 0 aliphatic carbocycles. The van der Waals surface area contributed by atoms with Crippen molar-refractivity contribution in [3.05, 3.63) is 135 Å². The van der Waals surface area contributed by atoms with Crippen molar-refractivity contribution in [2.45, 2.75) is 58.3 Å². The van der Waals surface area contributed by atoms with Gasteiger partial charge in [-0.25, -0.2) is 0 Å². The molecule has 42 heavy (non-hydrogen) atoms. The number of Topliss-reactive ketones (excluding diaryl/α,β-unsaturated/α-hetero) is 1. The highest BCUT2D eigenvalue weighted by Gasteiger charge is 2.22. The Labute approximate surface area is 258 Å². The van der Waals surface area contributed by atoms with Crippen LogP contribution in [-0.4, -0.2) is 10.9 Å². The van der Waals surface area contributed by atoms with Crippen LogP contribution < -0.4 is 0 Å². The van der Waals surface area contributed by atoms with Crippen molar-refractivity contribution in [1.82, 2.24) is 5.16 Å². The normalized spacial score (nSPS) is 12.3. The molecule has 0 fully saturated rings. The van der Waals surface area contributed by atoms with E-state index in [9.17, 15) is 4.79 Å². The summed E-state index contributed by atoms with van der Waals surface area (Å²) in [6.07, 6.45) is 2.15.